The molecular weight excluding hydrogens is 358 g/mol. The second kappa shape index (κ2) is 7.32. The number of hydrogen-bond donors (Lipinski definition) is 1. The summed E-state index contributed by atoms with van der Waals surface area (Å²) in [4.78, 5) is 0. The number of aryl methyl sites for hydroxylation is 4. The molecule has 27 heavy (non-hydrogen) atoms. The van der Waals surface area contributed by atoms with Crippen LogP contribution in [0, 0.1) is 18.6 Å². The van der Waals surface area contributed by atoms with E-state index in [0.29, 0.717) is 11.3 Å². The number of hydrogen-bond acceptors (Lipinski definition) is 4. The van der Waals surface area contributed by atoms with Crippen molar-refractivity contribution >= 4 is 12.2 Å². The van der Waals surface area contributed by atoms with Crippen molar-refractivity contribution in [3.8, 4) is 5.69 Å². The van der Waals surface area contributed by atoms with Crippen molar-refractivity contribution in [2.75, 3.05) is 0 Å². The van der Waals surface area contributed by atoms with Crippen molar-refractivity contribution in [2.45, 2.75) is 33.4 Å². The van der Waals surface area contributed by atoms with Crippen LogP contribution in [0.15, 0.2) is 49.1 Å². The molecule has 0 saturated carbocycles. The minimum atomic E-state index is 0.566. The van der Waals surface area contributed by atoms with Gasteiger partial charge in [0.1, 0.15) is 5.82 Å². The van der Waals surface area contributed by atoms with Gasteiger partial charge < -0.3 is 0 Å². The summed E-state index contributed by atoms with van der Waals surface area (Å²) in [6, 6.07) is 8.47. The minimum absolute atomic E-state index is 0.566. The Balaban J connectivity index is 1.53. The fourth-order valence-electron chi connectivity index (χ4n) is 3.00. The van der Waals surface area contributed by atoms with Gasteiger partial charge in [0.05, 0.1) is 24.6 Å². The van der Waals surface area contributed by atoms with E-state index in [0.717, 1.165) is 30.0 Å². The van der Waals surface area contributed by atoms with Gasteiger partial charge in [0.25, 0.3) is 0 Å². The van der Waals surface area contributed by atoms with Crippen LogP contribution in [0.3, 0.4) is 0 Å². The molecule has 8 heteroatoms. The fraction of sp³-hybridized carbons (Fsp3) is 0.263. The van der Waals surface area contributed by atoms with Gasteiger partial charge >= 0.3 is 0 Å². The zero-order valence-corrected chi connectivity index (χ0v) is 16.1. The van der Waals surface area contributed by atoms with Crippen LogP contribution in [0.2, 0.25) is 0 Å². The molecule has 0 atom stereocenters. The Morgan fingerprint density at radius 2 is 1.74 bits per heavy atom. The molecule has 4 aromatic rings. The van der Waals surface area contributed by atoms with Crippen LogP contribution < -0.4 is 0 Å². The molecular formula is C19H21N7S. The standard InChI is InChI=1S/C19H21N7S/c1-14-3-5-16(6-4-14)12-25-13-17(10-21-25)26-18(22-23-19(26)27)7-8-24-11-15(2)9-20-24/h3-6,9-11,13H,7-8,12H2,1-2H3,(H,23,27). The van der Waals surface area contributed by atoms with Crippen LogP contribution in [0.1, 0.15) is 22.5 Å². The first kappa shape index (κ1) is 17.4. The molecule has 0 aliphatic heterocycles. The molecule has 0 radical (unpaired) electrons. The van der Waals surface area contributed by atoms with Gasteiger partial charge in [-0.05, 0) is 37.2 Å². The molecule has 4 rings (SSSR count). The van der Waals surface area contributed by atoms with Gasteiger partial charge in [0.2, 0.25) is 0 Å². The number of benzene rings is 1. The molecule has 0 saturated heterocycles. The lowest BCUT2D eigenvalue weighted by atomic mass is 10.1. The van der Waals surface area contributed by atoms with Gasteiger partial charge in [-0.25, -0.2) is 0 Å². The van der Waals surface area contributed by atoms with Crippen molar-refractivity contribution < 1.29 is 0 Å². The first-order valence-electron chi connectivity index (χ1n) is 8.82. The highest BCUT2D eigenvalue weighted by Gasteiger charge is 2.11. The third kappa shape index (κ3) is 3.90. The molecule has 7 nitrogen and oxygen atoms in total. The molecule has 0 spiro atoms. The topological polar surface area (TPSA) is 69.2 Å². The average Bonchev–Trinajstić information content (AvgIpc) is 3.36. The first-order chi connectivity index (χ1) is 13.1. The molecule has 3 heterocycles. The molecule has 0 fully saturated rings. The van der Waals surface area contributed by atoms with Crippen LogP contribution in [0.4, 0.5) is 0 Å². The number of nitrogens with zero attached hydrogens (tertiary/aromatic N) is 6. The maximum absolute atomic E-state index is 5.43. The van der Waals surface area contributed by atoms with Gasteiger partial charge in [0, 0.05) is 25.4 Å². The van der Waals surface area contributed by atoms with E-state index in [2.05, 4.69) is 51.6 Å². The number of nitrogens with one attached hydrogen (secondary N) is 1. The predicted octanol–water partition coefficient (Wildman–Crippen LogP) is 3.23. The van der Waals surface area contributed by atoms with Crippen molar-refractivity contribution in [1.82, 2.24) is 34.3 Å². The maximum atomic E-state index is 5.43. The van der Waals surface area contributed by atoms with E-state index in [4.69, 9.17) is 12.2 Å². The van der Waals surface area contributed by atoms with Crippen LogP contribution >= 0.6 is 12.2 Å². The van der Waals surface area contributed by atoms with E-state index in [1.165, 1.54) is 11.1 Å². The second-order valence-electron chi connectivity index (χ2n) is 6.69. The second-order valence-corrected chi connectivity index (χ2v) is 7.08. The number of aromatic amines is 1. The van der Waals surface area contributed by atoms with E-state index in [-0.39, 0.29) is 0 Å². The number of H-pyrrole nitrogens is 1. The summed E-state index contributed by atoms with van der Waals surface area (Å²) in [5.74, 6) is 0.864. The zero-order chi connectivity index (χ0) is 18.8. The van der Waals surface area contributed by atoms with Crippen molar-refractivity contribution in [3.05, 3.63) is 76.3 Å². The summed E-state index contributed by atoms with van der Waals surface area (Å²) in [6.45, 7) is 5.57. The Hall–Kier alpha value is -3.00. The lowest BCUT2D eigenvalue weighted by Crippen LogP contribution is -2.07. The van der Waals surface area contributed by atoms with Gasteiger partial charge in [0.15, 0.2) is 4.77 Å². The first-order valence-corrected chi connectivity index (χ1v) is 9.23. The third-order valence-corrected chi connectivity index (χ3v) is 4.69. The number of aromatic nitrogens is 7. The Morgan fingerprint density at radius 1 is 0.963 bits per heavy atom. The highest BCUT2D eigenvalue weighted by atomic mass is 32.1. The molecule has 1 aromatic carbocycles. The molecule has 3 aromatic heterocycles. The van der Waals surface area contributed by atoms with Crippen molar-refractivity contribution in [1.29, 1.82) is 0 Å². The highest BCUT2D eigenvalue weighted by molar-refractivity contribution is 7.71. The average molecular weight is 379 g/mol. The summed E-state index contributed by atoms with van der Waals surface area (Å²) >= 11 is 5.43. The van der Waals surface area contributed by atoms with E-state index < -0.39 is 0 Å². The molecule has 0 aliphatic rings. The monoisotopic (exact) mass is 379 g/mol. The summed E-state index contributed by atoms with van der Waals surface area (Å²) < 4.78 is 6.33. The normalized spacial score (nSPS) is 11.2. The Bertz CT molecular complexity index is 1100. The summed E-state index contributed by atoms with van der Waals surface area (Å²) in [7, 11) is 0. The highest BCUT2D eigenvalue weighted by Crippen LogP contribution is 2.13. The van der Waals surface area contributed by atoms with E-state index in [9.17, 15) is 0 Å². The number of rotatable bonds is 6. The zero-order valence-electron chi connectivity index (χ0n) is 15.3. The Kier molecular flexibility index (Phi) is 4.72. The lowest BCUT2D eigenvalue weighted by Gasteiger charge is -2.05. The Labute approximate surface area is 162 Å². The van der Waals surface area contributed by atoms with Gasteiger partial charge in [-0.1, -0.05) is 29.8 Å². The summed E-state index contributed by atoms with van der Waals surface area (Å²) in [5.41, 5.74) is 4.51. The molecule has 1 N–H and O–H groups in total. The molecule has 138 valence electrons. The van der Waals surface area contributed by atoms with Crippen LogP contribution in [0.5, 0.6) is 0 Å². The van der Waals surface area contributed by atoms with Crippen LogP contribution in [-0.2, 0) is 19.5 Å². The quantitative estimate of drug-likeness (QED) is 0.522. The Morgan fingerprint density at radius 3 is 2.48 bits per heavy atom. The van der Waals surface area contributed by atoms with E-state index >= 15 is 0 Å². The lowest BCUT2D eigenvalue weighted by molar-refractivity contribution is 0.594. The molecule has 0 bridgehead atoms. The van der Waals surface area contributed by atoms with E-state index in [1.807, 2.05) is 45.6 Å². The minimum Gasteiger partial charge on any atom is -0.272 e. The summed E-state index contributed by atoms with van der Waals surface area (Å²) in [6.07, 6.45) is 8.41. The summed E-state index contributed by atoms with van der Waals surface area (Å²) in [5, 5.41) is 16.1. The van der Waals surface area contributed by atoms with Crippen molar-refractivity contribution in [3.63, 3.8) is 0 Å². The predicted molar refractivity (Wildman–Crippen MR) is 105 cm³/mol. The maximum Gasteiger partial charge on any atom is 0.199 e. The molecule has 0 aliphatic carbocycles. The van der Waals surface area contributed by atoms with Crippen LogP contribution in [0.25, 0.3) is 5.69 Å². The van der Waals surface area contributed by atoms with Gasteiger partial charge in [-0.3, -0.25) is 19.0 Å². The van der Waals surface area contributed by atoms with Gasteiger partial charge in [-0.15, -0.1) is 0 Å². The SMILES string of the molecule is Cc1ccc(Cn2cc(-n3c(CCn4cc(C)cn4)n[nH]c3=S)cn2)cc1. The smallest absolute Gasteiger partial charge is 0.199 e. The molecule has 0 unspecified atom stereocenters. The largest absolute Gasteiger partial charge is 0.272 e. The molecule has 0 amide bonds. The van der Waals surface area contributed by atoms with Crippen molar-refractivity contribution in [2.24, 2.45) is 0 Å². The fourth-order valence-corrected chi connectivity index (χ4v) is 3.26. The van der Waals surface area contributed by atoms with Crippen LogP contribution in [-0.4, -0.2) is 34.3 Å². The third-order valence-electron chi connectivity index (χ3n) is 4.41. The van der Waals surface area contributed by atoms with E-state index in [1.54, 1.807) is 0 Å². The van der Waals surface area contributed by atoms with Gasteiger partial charge in [-0.2, -0.15) is 15.3 Å².